The average Bonchev–Trinajstić information content (AvgIpc) is 3.54. The monoisotopic (exact) mass is 496 g/mol. The maximum absolute atomic E-state index is 12.8. The van der Waals surface area contributed by atoms with E-state index < -0.39 is 9.84 Å². The molecule has 2 aromatic carbocycles. The number of ether oxygens (including phenoxy) is 1. The van der Waals surface area contributed by atoms with E-state index in [-0.39, 0.29) is 29.4 Å². The first-order valence-electron chi connectivity index (χ1n) is 11.1. The van der Waals surface area contributed by atoms with Crippen molar-refractivity contribution in [2.75, 3.05) is 18.2 Å². The lowest BCUT2D eigenvalue weighted by Crippen LogP contribution is -2.17. The fourth-order valence-corrected chi connectivity index (χ4v) is 6.36. The second kappa shape index (κ2) is 9.19. The van der Waals surface area contributed by atoms with Crippen LogP contribution in [0.5, 0.6) is 5.75 Å². The van der Waals surface area contributed by atoms with E-state index in [0.29, 0.717) is 16.7 Å². The van der Waals surface area contributed by atoms with Crippen LogP contribution in [0.4, 0.5) is 5.82 Å². The quantitative estimate of drug-likeness (QED) is 0.393. The third-order valence-corrected chi connectivity index (χ3v) is 8.69. The van der Waals surface area contributed by atoms with Crippen molar-refractivity contribution in [2.24, 2.45) is 0 Å². The molecule has 0 unspecified atom stereocenters. The topological polar surface area (TPSA) is 103 Å². The highest BCUT2D eigenvalue weighted by atomic mass is 32.2. The molecule has 1 aliphatic rings. The van der Waals surface area contributed by atoms with Gasteiger partial charge >= 0.3 is 0 Å². The number of carbonyl (C=O) groups is 1. The molecular formula is C24H24N4O4S2. The van der Waals surface area contributed by atoms with Crippen LogP contribution in [-0.4, -0.2) is 42.0 Å². The molecule has 1 aliphatic carbocycles. The number of sulfone groups is 1. The number of aromatic nitrogens is 3. The highest BCUT2D eigenvalue weighted by molar-refractivity contribution is 7.91. The summed E-state index contributed by atoms with van der Waals surface area (Å²) in [6.07, 6.45) is 3.03. The van der Waals surface area contributed by atoms with Crippen molar-refractivity contribution in [2.45, 2.75) is 37.0 Å². The lowest BCUT2D eigenvalue weighted by Gasteiger charge is -2.09. The zero-order valence-electron chi connectivity index (χ0n) is 18.7. The Hall–Kier alpha value is -3.24. The minimum Gasteiger partial charge on any atom is -0.497 e. The number of methoxy groups -OCH3 is 1. The lowest BCUT2D eigenvalue weighted by molar-refractivity contribution is -0.116. The second-order valence-electron chi connectivity index (χ2n) is 8.15. The molecule has 1 amide bonds. The number of amides is 1. The molecule has 0 aliphatic heterocycles. The summed E-state index contributed by atoms with van der Waals surface area (Å²) < 4.78 is 33.1. The van der Waals surface area contributed by atoms with Crippen LogP contribution in [0, 0.1) is 0 Å². The number of benzene rings is 2. The smallest absolute Gasteiger partial charge is 0.225 e. The first-order valence-corrected chi connectivity index (χ1v) is 13.5. The van der Waals surface area contributed by atoms with Crippen LogP contribution < -0.4 is 10.1 Å². The molecule has 0 spiro atoms. The van der Waals surface area contributed by atoms with Gasteiger partial charge in [-0.3, -0.25) is 4.79 Å². The molecule has 5 rings (SSSR count). The Kier molecular flexibility index (Phi) is 6.09. The molecule has 0 saturated heterocycles. The molecule has 4 aromatic rings. The predicted octanol–water partition coefficient (Wildman–Crippen LogP) is 4.17. The van der Waals surface area contributed by atoms with Crippen LogP contribution in [0.1, 0.15) is 30.5 Å². The standard InChI is InChI=1S/C24H24N4O4S2/c1-32-16-11-13-17(14-12-16)34(30,31)15-5-10-22(29)26-23-18-6-4-8-19(18)27-28(23)24-25-20-7-2-3-9-21(20)33-24/h2-3,7,9,11-14H,4-6,8,10,15H2,1H3,(H,26,29). The van der Waals surface area contributed by atoms with E-state index in [1.807, 2.05) is 24.3 Å². The largest absolute Gasteiger partial charge is 0.497 e. The van der Waals surface area contributed by atoms with Gasteiger partial charge < -0.3 is 10.1 Å². The zero-order valence-corrected chi connectivity index (χ0v) is 20.3. The Labute approximate surface area is 201 Å². The number of fused-ring (bicyclic) bond motifs is 2. The van der Waals surface area contributed by atoms with Crippen molar-refractivity contribution in [3.05, 3.63) is 59.8 Å². The molecule has 0 radical (unpaired) electrons. The molecule has 176 valence electrons. The molecule has 2 aromatic heterocycles. The molecule has 0 atom stereocenters. The van der Waals surface area contributed by atoms with Gasteiger partial charge in [0.25, 0.3) is 0 Å². The van der Waals surface area contributed by atoms with Gasteiger partial charge in [-0.25, -0.2) is 13.4 Å². The number of rotatable bonds is 8. The summed E-state index contributed by atoms with van der Waals surface area (Å²) >= 11 is 1.52. The van der Waals surface area contributed by atoms with E-state index in [1.54, 1.807) is 16.8 Å². The average molecular weight is 497 g/mol. The highest BCUT2D eigenvalue weighted by Gasteiger charge is 2.26. The van der Waals surface area contributed by atoms with Gasteiger partial charge in [0, 0.05) is 12.0 Å². The third kappa shape index (κ3) is 4.43. The van der Waals surface area contributed by atoms with Gasteiger partial charge in [0.1, 0.15) is 11.6 Å². The molecule has 0 fully saturated rings. The van der Waals surface area contributed by atoms with Crippen LogP contribution in [0.15, 0.2) is 53.4 Å². The SMILES string of the molecule is COc1ccc(S(=O)(=O)CCCC(=O)Nc2c3c(nn2-c2nc4ccccc4s2)CCC3)cc1. The first kappa shape index (κ1) is 22.5. The number of aryl methyl sites for hydroxylation is 1. The van der Waals surface area contributed by atoms with Gasteiger partial charge in [0.15, 0.2) is 9.84 Å². The van der Waals surface area contributed by atoms with E-state index in [9.17, 15) is 13.2 Å². The summed E-state index contributed by atoms with van der Waals surface area (Å²) in [5.74, 6) is 0.897. The molecule has 0 saturated carbocycles. The van der Waals surface area contributed by atoms with E-state index in [2.05, 4.69) is 10.3 Å². The molecule has 2 heterocycles. The molecule has 34 heavy (non-hydrogen) atoms. The molecular weight excluding hydrogens is 472 g/mol. The zero-order chi connectivity index (χ0) is 23.7. The lowest BCUT2D eigenvalue weighted by atomic mass is 10.2. The van der Waals surface area contributed by atoms with Gasteiger partial charge in [-0.05, 0) is 62.1 Å². The van der Waals surface area contributed by atoms with Gasteiger partial charge in [-0.15, -0.1) is 0 Å². The summed E-state index contributed by atoms with van der Waals surface area (Å²) in [6, 6.07) is 14.1. The second-order valence-corrected chi connectivity index (χ2v) is 11.3. The van der Waals surface area contributed by atoms with Crippen molar-refractivity contribution in [3.8, 4) is 10.9 Å². The number of thiazole rings is 1. The minimum atomic E-state index is -3.48. The maximum atomic E-state index is 12.8. The highest BCUT2D eigenvalue weighted by Crippen LogP contribution is 2.33. The summed E-state index contributed by atoms with van der Waals surface area (Å²) in [6.45, 7) is 0. The number of anilines is 1. The Morgan fingerprint density at radius 2 is 1.94 bits per heavy atom. The Bertz CT molecular complexity index is 1420. The van der Waals surface area contributed by atoms with Crippen molar-refractivity contribution in [3.63, 3.8) is 0 Å². The van der Waals surface area contributed by atoms with Crippen molar-refractivity contribution >= 4 is 43.1 Å². The molecule has 1 N–H and O–H groups in total. The summed E-state index contributed by atoms with van der Waals surface area (Å²) in [7, 11) is -1.95. The van der Waals surface area contributed by atoms with Crippen LogP contribution in [0.2, 0.25) is 0 Å². The van der Waals surface area contributed by atoms with Gasteiger partial charge in [0.05, 0.1) is 33.7 Å². The van der Waals surface area contributed by atoms with E-state index >= 15 is 0 Å². The van der Waals surface area contributed by atoms with Crippen molar-refractivity contribution in [1.82, 2.24) is 14.8 Å². The fourth-order valence-electron chi connectivity index (χ4n) is 4.13. The number of para-hydroxylation sites is 1. The number of nitrogens with one attached hydrogen (secondary N) is 1. The van der Waals surface area contributed by atoms with Crippen LogP contribution in [0.3, 0.4) is 0 Å². The minimum absolute atomic E-state index is 0.0924. The molecule has 10 heteroatoms. The third-order valence-electron chi connectivity index (χ3n) is 5.86. The summed E-state index contributed by atoms with van der Waals surface area (Å²) in [5.41, 5.74) is 2.91. The Morgan fingerprint density at radius 1 is 1.15 bits per heavy atom. The molecule has 0 bridgehead atoms. The van der Waals surface area contributed by atoms with Crippen LogP contribution >= 0.6 is 11.3 Å². The number of hydrogen-bond acceptors (Lipinski definition) is 7. The van der Waals surface area contributed by atoms with Crippen LogP contribution in [0.25, 0.3) is 15.3 Å². The van der Waals surface area contributed by atoms with E-state index in [0.717, 1.165) is 40.7 Å². The predicted molar refractivity (Wildman–Crippen MR) is 132 cm³/mol. The fraction of sp³-hybridized carbons (Fsp3) is 0.292. The first-order chi connectivity index (χ1) is 16.4. The van der Waals surface area contributed by atoms with Crippen LogP contribution in [-0.2, 0) is 27.5 Å². The molecule has 8 nitrogen and oxygen atoms in total. The Morgan fingerprint density at radius 3 is 2.71 bits per heavy atom. The maximum Gasteiger partial charge on any atom is 0.225 e. The van der Waals surface area contributed by atoms with E-state index in [1.165, 1.54) is 30.6 Å². The van der Waals surface area contributed by atoms with Gasteiger partial charge in [0.2, 0.25) is 11.0 Å². The van der Waals surface area contributed by atoms with Gasteiger partial charge in [-0.2, -0.15) is 9.78 Å². The summed E-state index contributed by atoms with van der Waals surface area (Å²) in [4.78, 5) is 17.7. The van der Waals surface area contributed by atoms with Gasteiger partial charge in [-0.1, -0.05) is 23.5 Å². The van der Waals surface area contributed by atoms with Crippen molar-refractivity contribution < 1.29 is 17.9 Å². The number of nitrogens with zero attached hydrogens (tertiary/aromatic N) is 3. The normalized spacial score (nSPS) is 13.2. The van der Waals surface area contributed by atoms with Crippen molar-refractivity contribution in [1.29, 1.82) is 0 Å². The Balaban J connectivity index is 1.29. The summed E-state index contributed by atoms with van der Waals surface area (Å²) in [5, 5.41) is 8.42. The number of hydrogen-bond donors (Lipinski definition) is 1. The van der Waals surface area contributed by atoms with E-state index in [4.69, 9.17) is 9.84 Å². The number of carbonyl (C=O) groups excluding carboxylic acids is 1.